The molecule has 0 saturated carbocycles. The molecule has 0 aliphatic heterocycles. The van der Waals surface area contributed by atoms with Crippen molar-refractivity contribution < 1.29 is 9.53 Å². The summed E-state index contributed by atoms with van der Waals surface area (Å²) in [6.07, 6.45) is 1.02. The summed E-state index contributed by atoms with van der Waals surface area (Å²) < 4.78 is 5.07. The van der Waals surface area contributed by atoms with Crippen molar-refractivity contribution in [1.82, 2.24) is 5.32 Å². The SMILES string of the molecule is CCc1ccc(C(C)NC(=O)COCCCl)cc1. The summed E-state index contributed by atoms with van der Waals surface area (Å²) in [7, 11) is 0. The monoisotopic (exact) mass is 269 g/mol. The molecular weight excluding hydrogens is 250 g/mol. The van der Waals surface area contributed by atoms with Gasteiger partial charge in [0.25, 0.3) is 0 Å². The molecule has 0 spiro atoms. The normalized spacial score (nSPS) is 12.2. The van der Waals surface area contributed by atoms with Crippen molar-refractivity contribution in [2.45, 2.75) is 26.3 Å². The minimum absolute atomic E-state index is 0.0111. The zero-order chi connectivity index (χ0) is 13.4. The van der Waals surface area contributed by atoms with Crippen LogP contribution in [-0.2, 0) is 16.0 Å². The van der Waals surface area contributed by atoms with Gasteiger partial charge in [0.15, 0.2) is 0 Å². The Bertz CT molecular complexity index is 365. The Hall–Kier alpha value is -1.06. The third kappa shape index (κ3) is 5.07. The van der Waals surface area contributed by atoms with Crippen molar-refractivity contribution in [2.24, 2.45) is 0 Å². The predicted molar refractivity (Wildman–Crippen MR) is 73.9 cm³/mol. The summed E-state index contributed by atoms with van der Waals surface area (Å²) in [4.78, 5) is 11.5. The molecule has 1 atom stereocenters. The van der Waals surface area contributed by atoms with Crippen molar-refractivity contribution >= 4 is 17.5 Å². The smallest absolute Gasteiger partial charge is 0.246 e. The number of hydrogen-bond donors (Lipinski definition) is 1. The Morgan fingerprint density at radius 3 is 2.61 bits per heavy atom. The quantitative estimate of drug-likeness (QED) is 0.611. The van der Waals surface area contributed by atoms with Crippen molar-refractivity contribution in [1.29, 1.82) is 0 Å². The van der Waals surface area contributed by atoms with Gasteiger partial charge in [0.1, 0.15) is 6.61 Å². The van der Waals surface area contributed by atoms with Gasteiger partial charge in [-0.2, -0.15) is 0 Å². The van der Waals surface area contributed by atoms with Crippen LogP contribution in [0.4, 0.5) is 0 Å². The van der Waals surface area contributed by atoms with Crippen molar-refractivity contribution in [3.63, 3.8) is 0 Å². The van der Waals surface area contributed by atoms with Crippen LogP contribution in [0, 0.1) is 0 Å². The number of amides is 1. The Morgan fingerprint density at radius 1 is 1.39 bits per heavy atom. The molecule has 0 bridgehead atoms. The van der Waals surface area contributed by atoms with Gasteiger partial charge in [0.05, 0.1) is 12.6 Å². The maximum absolute atomic E-state index is 11.5. The van der Waals surface area contributed by atoms with E-state index in [-0.39, 0.29) is 18.6 Å². The van der Waals surface area contributed by atoms with Gasteiger partial charge in [-0.25, -0.2) is 0 Å². The molecule has 100 valence electrons. The molecule has 18 heavy (non-hydrogen) atoms. The zero-order valence-corrected chi connectivity index (χ0v) is 11.7. The van der Waals surface area contributed by atoms with Crippen molar-refractivity contribution in [3.8, 4) is 0 Å². The zero-order valence-electron chi connectivity index (χ0n) is 10.9. The highest BCUT2D eigenvalue weighted by Crippen LogP contribution is 2.13. The highest BCUT2D eigenvalue weighted by Gasteiger charge is 2.09. The number of halogens is 1. The second kappa shape index (κ2) is 8.11. The first kappa shape index (κ1) is 15.0. The fraction of sp³-hybridized carbons (Fsp3) is 0.500. The second-order valence-electron chi connectivity index (χ2n) is 4.13. The lowest BCUT2D eigenvalue weighted by molar-refractivity contribution is -0.126. The fourth-order valence-corrected chi connectivity index (χ4v) is 1.74. The maximum Gasteiger partial charge on any atom is 0.246 e. The van der Waals surface area contributed by atoms with Gasteiger partial charge in [-0.3, -0.25) is 4.79 Å². The lowest BCUT2D eigenvalue weighted by Gasteiger charge is -2.14. The Balaban J connectivity index is 2.43. The van der Waals surface area contributed by atoms with E-state index in [2.05, 4.69) is 24.4 Å². The average Bonchev–Trinajstić information content (AvgIpc) is 2.39. The van der Waals surface area contributed by atoms with Crippen LogP contribution in [0.15, 0.2) is 24.3 Å². The Morgan fingerprint density at radius 2 is 2.06 bits per heavy atom. The molecular formula is C14H20ClNO2. The third-order valence-corrected chi connectivity index (χ3v) is 2.87. The number of alkyl halides is 1. The van der Waals surface area contributed by atoms with Crippen LogP contribution in [0.5, 0.6) is 0 Å². The van der Waals surface area contributed by atoms with Crippen molar-refractivity contribution in [3.05, 3.63) is 35.4 Å². The van der Waals surface area contributed by atoms with E-state index in [1.54, 1.807) is 0 Å². The topological polar surface area (TPSA) is 38.3 Å². The molecule has 1 aromatic carbocycles. The van der Waals surface area contributed by atoms with E-state index in [0.29, 0.717) is 12.5 Å². The molecule has 1 aromatic rings. The number of nitrogens with one attached hydrogen (secondary N) is 1. The summed E-state index contributed by atoms with van der Waals surface area (Å²) in [6, 6.07) is 8.25. The average molecular weight is 270 g/mol. The first-order chi connectivity index (χ1) is 8.67. The summed E-state index contributed by atoms with van der Waals surface area (Å²) in [5.74, 6) is 0.286. The van der Waals surface area contributed by atoms with Crippen LogP contribution in [0.1, 0.15) is 31.0 Å². The van der Waals surface area contributed by atoms with E-state index in [0.717, 1.165) is 12.0 Å². The van der Waals surface area contributed by atoms with E-state index >= 15 is 0 Å². The Labute approximate surface area is 113 Å². The second-order valence-corrected chi connectivity index (χ2v) is 4.50. The van der Waals surface area contributed by atoms with Crippen LogP contribution < -0.4 is 5.32 Å². The van der Waals surface area contributed by atoms with Gasteiger partial charge >= 0.3 is 0 Å². The molecule has 0 saturated heterocycles. The van der Waals surface area contributed by atoms with E-state index in [4.69, 9.17) is 16.3 Å². The predicted octanol–water partition coefficient (Wildman–Crippen LogP) is 2.68. The standard InChI is InChI=1S/C14H20ClNO2/c1-3-12-4-6-13(7-5-12)11(2)16-14(17)10-18-9-8-15/h4-7,11H,3,8-10H2,1-2H3,(H,16,17). The summed E-state index contributed by atoms with van der Waals surface area (Å²) in [6.45, 7) is 4.54. The van der Waals surface area contributed by atoms with Gasteiger partial charge in [0.2, 0.25) is 5.91 Å². The lowest BCUT2D eigenvalue weighted by Crippen LogP contribution is -2.30. The minimum Gasteiger partial charge on any atom is -0.370 e. The molecule has 0 fully saturated rings. The maximum atomic E-state index is 11.5. The van der Waals surface area contributed by atoms with Crippen LogP contribution in [-0.4, -0.2) is 25.0 Å². The van der Waals surface area contributed by atoms with Crippen LogP contribution in [0.3, 0.4) is 0 Å². The molecule has 4 heteroatoms. The van der Waals surface area contributed by atoms with Gasteiger partial charge in [-0.1, -0.05) is 31.2 Å². The third-order valence-electron chi connectivity index (χ3n) is 2.72. The molecule has 1 N–H and O–H groups in total. The largest absolute Gasteiger partial charge is 0.370 e. The Kier molecular flexibility index (Phi) is 6.76. The molecule has 0 heterocycles. The van der Waals surface area contributed by atoms with Gasteiger partial charge in [-0.05, 0) is 24.5 Å². The number of rotatable bonds is 7. The molecule has 1 unspecified atom stereocenters. The first-order valence-corrected chi connectivity index (χ1v) is 6.72. The number of carbonyl (C=O) groups is 1. The minimum atomic E-state index is -0.118. The molecule has 0 aromatic heterocycles. The van der Waals surface area contributed by atoms with Crippen LogP contribution >= 0.6 is 11.6 Å². The fourth-order valence-electron chi connectivity index (χ4n) is 1.63. The molecule has 3 nitrogen and oxygen atoms in total. The van der Waals surface area contributed by atoms with Gasteiger partial charge < -0.3 is 10.1 Å². The van der Waals surface area contributed by atoms with E-state index < -0.39 is 0 Å². The highest BCUT2D eigenvalue weighted by atomic mass is 35.5. The number of ether oxygens (including phenoxy) is 1. The van der Waals surface area contributed by atoms with Crippen molar-refractivity contribution in [2.75, 3.05) is 19.1 Å². The molecule has 0 radical (unpaired) electrons. The number of aryl methyl sites for hydroxylation is 1. The lowest BCUT2D eigenvalue weighted by atomic mass is 10.1. The highest BCUT2D eigenvalue weighted by molar-refractivity contribution is 6.17. The number of hydrogen-bond acceptors (Lipinski definition) is 2. The number of carbonyl (C=O) groups excluding carboxylic acids is 1. The van der Waals surface area contributed by atoms with E-state index in [9.17, 15) is 4.79 Å². The summed E-state index contributed by atoms with van der Waals surface area (Å²) in [5.41, 5.74) is 2.39. The first-order valence-electron chi connectivity index (χ1n) is 6.19. The van der Waals surface area contributed by atoms with Gasteiger partial charge in [0, 0.05) is 5.88 Å². The van der Waals surface area contributed by atoms with E-state index in [1.807, 2.05) is 19.1 Å². The van der Waals surface area contributed by atoms with Gasteiger partial charge in [-0.15, -0.1) is 11.6 Å². The molecule has 1 rings (SSSR count). The van der Waals surface area contributed by atoms with Crippen LogP contribution in [0.25, 0.3) is 0 Å². The molecule has 1 amide bonds. The molecule has 0 aliphatic rings. The number of benzene rings is 1. The summed E-state index contributed by atoms with van der Waals surface area (Å²) >= 11 is 5.46. The van der Waals surface area contributed by atoms with Crippen LogP contribution in [0.2, 0.25) is 0 Å². The van der Waals surface area contributed by atoms with E-state index in [1.165, 1.54) is 5.56 Å². The molecule has 0 aliphatic carbocycles. The summed E-state index contributed by atoms with van der Waals surface area (Å²) in [5, 5.41) is 2.89.